The molecule has 28 heavy (non-hydrogen) atoms. The van der Waals surface area contributed by atoms with Crippen LogP contribution >= 0.6 is 0 Å². The summed E-state index contributed by atoms with van der Waals surface area (Å²) >= 11 is 0. The number of rotatable bonds is 10. The molecule has 0 saturated carbocycles. The maximum atomic E-state index is 11.6. The molecule has 0 radical (unpaired) electrons. The number of carboxylic acid groups (broad SMARTS) is 1. The van der Waals surface area contributed by atoms with Crippen LogP contribution in [0.15, 0.2) is 48.5 Å². The van der Waals surface area contributed by atoms with Crippen LogP contribution < -0.4 is 9.64 Å². The van der Waals surface area contributed by atoms with E-state index >= 15 is 0 Å². The van der Waals surface area contributed by atoms with Gasteiger partial charge in [0.05, 0.1) is 19.6 Å². The number of nitrogens with zero attached hydrogens (tertiary/aromatic N) is 1. The Hall–Kier alpha value is -3.02. The summed E-state index contributed by atoms with van der Waals surface area (Å²) in [5.74, 6) is -0.532. The van der Waals surface area contributed by atoms with Crippen molar-refractivity contribution in [3.8, 4) is 11.5 Å². The van der Waals surface area contributed by atoms with E-state index in [1.807, 2.05) is 55.1 Å². The van der Waals surface area contributed by atoms with Gasteiger partial charge in [-0.2, -0.15) is 0 Å². The third-order valence-corrected chi connectivity index (χ3v) is 4.97. The zero-order valence-electron chi connectivity index (χ0n) is 16.5. The first-order valence-corrected chi connectivity index (χ1v) is 9.14. The lowest BCUT2D eigenvalue weighted by molar-refractivity contribution is -0.138. The van der Waals surface area contributed by atoms with E-state index in [0.717, 1.165) is 11.3 Å². The maximum absolute atomic E-state index is 11.6. The van der Waals surface area contributed by atoms with Gasteiger partial charge >= 0.3 is 5.97 Å². The topological polar surface area (TPSA) is 87.1 Å². The number of phenolic OH excluding ortho intramolecular Hbond substituents is 1. The average molecular weight is 385 g/mol. The second kappa shape index (κ2) is 9.26. The molecule has 0 bridgehead atoms. The largest absolute Gasteiger partial charge is 0.504 e. The summed E-state index contributed by atoms with van der Waals surface area (Å²) in [4.78, 5) is 24.6. The standard InChI is InChI=1S/C22H27NO5/c1-22(2,16-9-10-20(28-3)19(25)13-16)11-12-23(17-7-5-4-6-8-17)18(15-24)14-21(26)27/h4-10,13,15,18,25H,11-12,14H2,1-3H3,(H,26,27)/t18-/m1/s1. The Bertz CT molecular complexity index is 804. The smallest absolute Gasteiger partial charge is 0.305 e. The molecule has 6 heteroatoms. The molecule has 0 aromatic heterocycles. The van der Waals surface area contributed by atoms with E-state index in [9.17, 15) is 19.8 Å². The molecular weight excluding hydrogens is 358 g/mol. The number of carbonyl (C=O) groups excluding carboxylic acids is 1. The first-order valence-electron chi connectivity index (χ1n) is 9.14. The minimum Gasteiger partial charge on any atom is -0.504 e. The predicted molar refractivity (Wildman–Crippen MR) is 108 cm³/mol. The number of benzene rings is 2. The van der Waals surface area contributed by atoms with Crippen molar-refractivity contribution in [1.29, 1.82) is 0 Å². The van der Waals surface area contributed by atoms with E-state index in [2.05, 4.69) is 0 Å². The summed E-state index contributed by atoms with van der Waals surface area (Å²) in [6.45, 7) is 4.58. The number of aromatic hydroxyl groups is 1. The Balaban J connectivity index is 2.25. The lowest BCUT2D eigenvalue weighted by Gasteiger charge is -2.34. The molecule has 0 unspecified atom stereocenters. The Morgan fingerprint density at radius 1 is 1.21 bits per heavy atom. The minimum atomic E-state index is -1.02. The van der Waals surface area contributed by atoms with E-state index in [0.29, 0.717) is 25.0 Å². The van der Waals surface area contributed by atoms with Crippen molar-refractivity contribution < 1.29 is 24.5 Å². The van der Waals surface area contributed by atoms with Gasteiger partial charge in [-0.3, -0.25) is 4.79 Å². The van der Waals surface area contributed by atoms with Gasteiger partial charge in [0.25, 0.3) is 0 Å². The lowest BCUT2D eigenvalue weighted by Crippen LogP contribution is -2.40. The summed E-state index contributed by atoms with van der Waals surface area (Å²) in [5.41, 5.74) is 1.42. The number of phenols is 1. The van der Waals surface area contributed by atoms with Crippen LogP contribution in [0.5, 0.6) is 11.5 Å². The molecule has 0 aliphatic carbocycles. The molecule has 1 atom stereocenters. The highest BCUT2D eigenvalue weighted by Crippen LogP contribution is 2.35. The molecule has 150 valence electrons. The highest BCUT2D eigenvalue weighted by Gasteiger charge is 2.27. The minimum absolute atomic E-state index is 0.0737. The van der Waals surface area contributed by atoms with Crippen LogP contribution in [-0.4, -0.2) is 42.2 Å². The quantitative estimate of drug-likeness (QED) is 0.608. The van der Waals surface area contributed by atoms with Gasteiger partial charge in [-0.25, -0.2) is 0 Å². The molecule has 2 rings (SSSR count). The van der Waals surface area contributed by atoms with Crippen molar-refractivity contribution in [2.45, 2.75) is 38.1 Å². The van der Waals surface area contributed by atoms with Crippen LogP contribution in [0.1, 0.15) is 32.3 Å². The molecule has 2 aromatic carbocycles. The van der Waals surface area contributed by atoms with Crippen LogP contribution in [0.25, 0.3) is 0 Å². The fraction of sp³-hybridized carbons (Fsp3) is 0.364. The molecule has 2 aromatic rings. The van der Waals surface area contributed by atoms with Gasteiger partial charge < -0.3 is 24.6 Å². The van der Waals surface area contributed by atoms with Gasteiger partial charge in [-0.05, 0) is 41.7 Å². The highest BCUT2D eigenvalue weighted by molar-refractivity contribution is 5.77. The fourth-order valence-corrected chi connectivity index (χ4v) is 3.17. The molecular formula is C22H27NO5. The molecule has 0 aliphatic heterocycles. The van der Waals surface area contributed by atoms with Crippen molar-refractivity contribution in [2.75, 3.05) is 18.6 Å². The zero-order chi connectivity index (χ0) is 20.7. The van der Waals surface area contributed by atoms with Gasteiger partial charge in [0.2, 0.25) is 0 Å². The van der Waals surface area contributed by atoms with E-state index in [-0.39, 0.29) is 17.6 Å². The summed E-state index contributed by atoms with van der Waals surface area (Å²) < 4.78 is 5.10. The van der Waals surface area contributed by atoms with Gasteiger partial charge in [0.1, 0.15) is 6.29 Å². The highest BCUT2D eigenvalue weighted by atomic mass is 16.5. The zero-order valence-corrected chi connectivity index (χ0v) is 16.5. The summed E-state index contributed by atoms with van der Waals surface area (Å²) in [7, 11) is 1.50. The van der Waals surface area contributed by atoms with Gasteiger partial charge in [0.15, 0.2) is 11.5 Å². The van der Waals surface area contributed by atoms with Crippen molar-refractivity contribution in [3.05, 3.63) is 54.1 Å². The second-order valence-corrected chi connectivity index (χ2v) is 7.35. The molecule has 0 heterocycles. The SMILES string of the molecule is COc1ccc(C(C)(C)CCN(c2ccccc2)[C@@H](C=O)CC(=O)O)cc1O. The number of ether oxygens (including phenoxy) is 1. The average Bonchev–Trinajstić information content (AvgIpc) is 2.67. The Morgan fingerprint density at radius 3 is 2.43 bits per heavy atom. The molecule has 6 nitrogen and oxygen atoms in total. The molecule has 0 spiro atoms. The number of aldehydes is 1. The Kier molecular flexibility index (Phi) is 7.04. The van der Waals surface area contributed by atoms with Crippen molar-refractivity contribution in [3.63, 3.8) is 0 Å². The molecule has 0 saturated heterocycles. The first-order chi connectivity index (χ1) is 13.3. The van der Waals surface area contributed by atoms with Crippen molar-refractivity contribution in [2.24, 2.45) is 0 Å². The number of hydrogen-bond acceptors (Lipinski definition) is 5. The number of hydrogen-bond donors (Lipinski definition) is 2. The van der Waals surface area contributed by atoms with Gasteiger partial charge in [-0.1, -0.05) is 38.1 Å². The number of para-hydroxylation sites is 1. The normalized spacial score (nSPS) is 12.2. The summed E-state index contributed by atoms with van der Waals surface area (Å²) in [6, 6.07) is 13.9. The van der Waals surface area contributed by atoms with Crippen LogP contribution in [-0.2, 0) is 15.0 Å². The van der Waals surface area contributed by atoms with E-state index in [1.165, 1.54) is 7.11 Å². The number of aliphatic carboxylic acids is 1. The van der Waals surface area contributed by atoms with Crippen molar-refractivity contribution in [1.82, 2.24) is 0 Å². The van der Waals surface area contributed by atoms with Crippen LogP contribution in [0, 0.1) is 0 Å². The first kappa shape index (κ1) is 21.3. The third-order valence-electron chi connectivity index (χ3n) is 4.97. The Labute approximate surface area is 165 Å². The summed E-state index contributed by atoms with van der Waals surface area (Å²) in [6.07, 6.45) is 1.08. The number of anilines is 1. The van der Waals surface area contributed by atoms with Crippen molar-refractivity contribution >= 4 is 17.9 Å². The van der Waals surface area contributed by atoms with Gasteiger partial charge in [-0.15, -0.1) is 0 Å². The maximum Gasteiger partial charge on any atom is 0.305 e. The van der Waals surface area contributed by atoms with E-state index in [4.69, 9.17) is 4.74 Å². The third kappa shape index (κ3) is 5.25. The summed E-state index contributed by atoms with van der Waals surface area (Å²) in [5, 5.41) is 19.3. The van der Waals surface area contributed by atoms with E-state index < -0.39 is 12.0 Å². The van der Waals surface area contributed by atoms with Crippen LogP contribution in [0.3, 0.4) is 0 Å². The predicted octanol–water partition coefficient (Wildman–Crippen LogP) is 3.62. The lowest BCUT2D eigenvalue weighted by atomic mass is 9.81. The van der Waals surface area contributed by atoms with Crippen LogP contribution in [0.4, 0.5) is 5.69 Å². The van der Waals surface area contributed by atoms with E-state index in [1.54, 1.807) is 12.1 Å². The monoisotopic (exact) mass is 385 g/mol. The second-order valence-electron chi connectivity index (χ2n) is 7.35. The number of methoxy groups -OCH3 is 1. The number of carboxylic acids is 1. The molecule has 0 amide bonds. The number of carbonyl (C=O) groups is 2. The molecule has 0 aliphatic rings. The van der Waals surface area contributed by atoms with Crippen LogP contribution in [0.2, 0.25) is 0 Å². The molecule has 2 N–H and O–H groups in total. The van der Waals surface area contributed by atoms with Gasteiger partial charge in [0, 0.05) is 12.2 Å². The molecule has 0 fully saturated rings. The Morgan fingerprint density at radius 2 is 1.89 bits per heavy atom. The fourth-order valence-electron chi connectivity index (χ4n) is 3.17.